The van der Waals surface area contributed by atoms with Gasteiger partial charge >= 0.3 is 0 Å². The number of benzene rings is 1. The van der Waals surface area contributed by atoms with Crippen molar-refractivity contribution in [2.45, 2.75) is 13.0 Å². The van der Waals surface area contributed by atoms with Crippen molar-refractivity contribution < 1.29 is 14.3 Å². The molecule has 2 aromatic heterocycles. The van der Waals surface area contributed by atoms with Crippen LogP contribution in [0.4, 0.5) is 0 Å². The largest absolute Gasteiger partial charge is 0.497 e. The van der Waals surface area contributed by atoms with E-state index in [4.69, 9.17) is 4.74 Å². The quantitative estimate of drug-likeness (QED) is 0.514. The van der Waals surface area contributed by atoms with E-state index < -0.39 is 11.6 Å². The van der Waals surface area contributed by atoms with Gasteiger partial charge in [0.05, 0.1) is 7.11 Å². The zero-order valence-corrected chi connectivity index (χ0v) is 13.0. The number of carbonyl (C=O) groups is 2. The Morgan fingerprint density at radius 3 is 2.62 bits per heavy atom. The molecule has 0 aliphatic rings. The van der Waals surface area contributed by atoms with Gasteiger partial charge in [0.1, 0.15) is 5.75 Å². The van der Waals surface area contributed by atoms with Gasteiger partial charge in [-0.1, -0.05) is 12.1 Å². The molecule has 8 nitrogen and oxygen atoms in total. The molecule has 0 unspecified atom stereocenters. The molecule has 1 N–H and O–H groups in total. The van der Waals surface area contributed by atoms with Crippen molar-refractivity contribution in [1.82, 2.24) is 25.2 Å². The van der Waals surface area contributed by atoms with Crippen LogP contribution >= 0.6 is 0 Å². The number of Topliss-reactive ketones (excluding diaryl/α,β-unsaturated/α-hetero) is 2. The van der Waals surface area contributed by atoms with E-state index in [2.05, 4.69) is 20.6 Å². The van der Waals surface area contributed by atoms with E-state index in [1.165, 1.54) is 0 Å². The summed E-state index contributed by atoms with van der Waals surface area (Å²) >= 11 is 0. The number of carbonyl (C=O) groups excluding carboxylic acids is 2. The van der Waals surface area contributed by atoms with E-state index in [1.54, 1.807) is 7.11 Å². The van der Waals surface area contributed by atoms with E-state index in [1.807, 2.05) is 47.3 Å². The Morgan fingerprint density at radius 1 is 1.17 bits per heavy atom. The lowest BCUT2D eigenvalue weighted by Gasteiger charge is -2.04. The third-order valence-corrected chi connectivity index (χ3v) is 3.50. The summed E-state index contributed by atoms with van der Waals surface area (Å²) in [5.74, 6) is -0.722. The molecule has 2 heterocycles. The molecule has 0 aliphatic heterocycles. The Morgan fingerprint density at radius 2 is 1.96 bits per heavy atom. The molecule has 0 spiro atoms. The minimum atomic E-state index is -0.744. The molecule has 24 heavy (non-hydrogen) atoms. The Kier molecular flexibility index (Phi) is 4.46. The normalized spacial score (nSPS) is 10.5. The Hall–Kier alpha value is -3.29. The van der Waals surface area contributed by atoms with Crippen LogP contribution in [0.3, 0.4) is 0 Å². The number of hydrogen-bond donors (Lipinski definition) is 1. The van der Waals surface area contributed by atoms with Crippen LogP contribution in [0.1, 0.15) is 21.7 Å². The van der Waals surface area contributed by atoms with Crippen LogP contribution in [0.25, 0.3) is 0 Å². The molecule has 8 heteroatoms. The fourth-order valence-corrected chi connectivity index (χ4v) is 2.28. The summed E-state index contributed by atoms with van der Waals surface area (Å²) in [4.78, 5) is 23.8. The maximum Gasteiger partial charge on any atom is 0.269 e. The number of H-pyrrole nitrogens is 1. The van der Waals surface area contributed by atoms with Crippen molar-refractivity contribution in [1.29, 1.82) is 0 Å². The molecule has 1 aromatic carbocycles. The van der Waals surface area contributed by atoms with Crippen LogP contribution in [0.15, 0.2) is 42.7 Å². The van der Waals surface area contributed by atoms with Crippen molar-refractivity contribution in [3.05, 3.63) is 59.7 Å². The molecule has 3 rings (SSSR count). The van der Waals surface area contributed by atoms with Crippen LogP contribution in [-0.2, 0) is 17.8 Å². The number of tetrazole rings is 1. The van der Waals surface area contributed by atoms with E-state index in [9.17, 15) is 9.59 Å². The Bertz CT molecular complexity index is 837. The SMILES string of the molecule is COc1ccc(Cn2ccc(CC(=O)C(=O)c3nn[nH]n3)c2)cc1. The molecule has 0 bridgehead atoms. The number of nitrogens with zero attached hydrogens (tertiary/aromatic N) is 4. The molecule has 0 saturated heterocycles. The molecule has 0 amide bonds. The molecule has 0 aliphatic carbocycles. The summed E-state index contributed by atoms with van der Waals surface area (Å²) in [5.41, 5.74) is 1.86. The summed E-state index contributed by atoms with van der Waals surface area (Å²) < 4.78 is 7.07. The summed E-state index contributed by atoms with van der Waals surface area (Å²) in [6.45, 7) is 0.664. The number of nitrogens with one attached hydrogen (secondary N) is 1. The van der Waals surface area contributed by atoms with Gasteiger partial charge in [-0.2, -0.15) is 5.21 Å². The molecule has 122 valence electrons. The number of aromatic amines is 1. The second kappa shape index (κ2) is 6.86. The van der Waals surface area contributed by atoms with Gasteiger partial charge in [0.25, 0.3) is 5.78 Å². The van der Waals surface area contributed by atoms with Crippen LogP contribution in [0.2, 0.25) is 0 Å². The first-order valence-electron chi connectivity index (χ1n) is 7.24. The lowest BCUT2D eigenvalue weighted by atomic mass is 10.1. The molecule has 0 saturated carbocycles. The Balaban J connectivity index is 1.62. The highest BCUT2D eigenvalue weighted by Gasteiger charge is 2.20. The highest BCUT2D eigenvalue weighted by atomic mass is 16.5. The van der Waals surface area contributed by atoms with Crippen LogP contribution in [-0.4, -0.2) is 43.9 Å². The van der Waals surface area contributed by atoms with Gasteiger partial charge in [-0.25, -0.2) is 0 Å². The summed E-state index contributed by atoms with van der Waals surface area (Å²) in [6.07, 6.45) is 3.71. The summed E-state index contributed by atoms with van der Waals surface area (Å²) in [6, 6.07) is 9.55. The van der Waals surface area contributed by atoms with Crippen LogP contribution in [0.5, 0.6) is 5.75 Å². The first kappa shape index (κ1) is 15.6. The van der Waals surface area contributed by atoms with Gasteiger partial charge in [0.2, 0.25) is 11.6 Å². The van der Waals surface area contributed by atoms with Crippen molar-refractivity contribution in [2.75, 3.05) is 7.11 Å². The first-order valence-corrected chi connectivity index (χ1v) is 7.24. The molecule has 0 atom stereocenters. The van der Waals surface area contributed by atoms with E-state index in [0.29, 0.717) is 6.54 Å². The molecular weight excluding hydrogens is 310 g/mol. The van der Waals surface area contributed by atoms with Crippen molar-refractivity contribution in [2.24, 2.45) is 0 Å². The average molecular weight is 325 g/mol. The minimum absolute atomic E-state index is 0.00296. The van der Waals surface area contributed by atoms with Gasteiger partial charge in [-0.3, -0.25) is 9.59 Å². The Labute approximate surface area is 137 Å². The average Bonchev–Trinajstić information content (AvgIpc) is 3.27. The zero-order valence-electron chi connectivity index (χ0n) is 13.0. The molecular formula is C16H15N5O3. The van der Waals surface area contributed by atoms with Crippen LogP contribution < -0.4 is 4.74 Å². The monoisotopic (exact) mass is 325 g/mol. The van der Waals surface area contributed by atoms with Crippen molar-refractivity contribution in [3.8, 4) is 5.75 Å². The summed E-state index contributed by atoms with van der Waals surface area (Å²) in [7, 11) is 1.63. The van der Waals surface area contributed by atoms with Gasteiger partial charge < -0.3 is 9.30 Å². The van der Waals surface area contributed by atoms with Crippen molar-refractivity contribution in [3.63, 3.8) is 0 Å². The maximum absolute atomic E-state index is 12.0. The number of methoxy groups -OCH3 is 1. The van der Waals surface area contributed by atoms with Gasteiger partial charge in [-0.15, -0.1) is 10.2 Å². The highest BCUT2D eigenvalue weighted by Crippen LogP contribution is 2.13. The fourth-order valence-electron chi connectivity index (χ4n) is 2.28. The van der Waals surface area contributed by atoms with Crippen molar-refractivity contribution >= 4 is 11.6 Å². The topological polar surface area (TPSA) is 103 Å². The number of aromatic nitrogens is 5. The van der Waals surface area contributed by atoms with Crippen LogP contribution in [0, 0.1) is 0 Å². The maximum atomic E-state index is 12.0. The lowest BCUT2D eigenvalue weighted by Crippen LogP contribution is -2.18. The number of ether oxygens (including phenoxy) is 1. The summed E-state index contributed by atoms with van der Waals surface area (Å²) in [5, 5.41) is 12.5. The number of hydrogen-bond acceptors (Lipinski definition) is 6. The second-order valence-electron chi connectivity index (χ2n) is 5.20. The van der Waals surface area contributed by atoms with Gasteiger partial charge in [-0.05, 0) is 34.5 Å². The lowest BCUT2D eigenvalue weighted by molar-refractivity contribution is -0.114. The van der Waals surface area contributed by atoms with E-state index >= 15 is 0 Å². The zero-order chi connectivity index (χ0) is 16.9. The first-order chi connectivity index (χ1) is 11.7. The van der Waals surface area contributed by atoms with E-state index in [0.717, 1.165) is 16.9 Å². The predicted molar refractivity (Wildman–Crippen MR) is 83.7 cm³/mol. The molecule has 0 radical (unpaired) electrons. The standard InChI is InChI=1S/C16H15N5O3/c1-24-13-4-2-11(3-5-13)9-21-7-6-12(10-21)8-14(22)15(23)16-17-19-20-18-16/h2-7,10H,8-9H2,1H3,(H,17,18,19,20). The smallest absolute Gasteiger partial charge is 0.269 e. The predicted octanol–water partition coefficient (Wildman–Crippen LogP) is 1.05. The number of rotatable bonds is 7. The van der Waals surface area contributed by atoms with E-state index in [-0.39, 0.29) is 12.2 Å². The fraction of sp³-hybridized carbons (Fsp3) is 0.188. The number of ketones is 2. The second-order valence-corrected chi connectivity index (χ2v) is 5.20. The minimum Gasteiger partial charge on any atom is -0.497 e. The van der Waals surface area contributed by atoms with Gasteiger partial charge in [0.15, 0.2) is 0 Å². The molecule has 0 fully saturated rings. The third kappa shape index (κ3) is 3.54. The molecule has 3 aromatic rings. The van der Waals surface area contributed by atoms with Gasteiger partial charge in [0, 0.05) is 25.4 Å². The third-order valence-electron chi connectivity index (χ3n) is 3.50. The highest BCUT2D eigenvalue weighted by molar-refractivity contribution is 6.43.